The van der Waals surface area contributed by atoms with Crippen LogP contribution in [0.2, 0.25) is 0 Å². The van der Waals surface area contributed by atoms with Crippen molar-refractivity contribution >= 4 is 18.0 Å². The zero-order valence-corrected chi connectivity index (χ0v) is 12.3. The molecule has 19 heavy (non-hydrogen) atoms. The average molecular weight is 274 g/mol. The molecule has 1 heterocycles. The smallest absolute Gasteiger partial charge is 0.153 e. The SMILES string of the molecule is CCn1cc(C=O)c(-c2ccc(SC(C)C)cc2)n1. The number of benzene rings is 1. The Bertz CT molecular complexity index is 558. The van der Waals surface area contributed by atoms with Gasteiger partial charge in [-0.15, -0.1) is 11.8 Å². The van der Waals surface area contributed by atoms with E-state index in [1.165, 1.54) is 4.90 Å². The van der Waals surface area contributed by atoms with Crippen LogP contribution in [0.1, 0.15) is 31.1 Å². The molecule has 4 heteroatoms. The van der Waals surface area contributed by atoms with Crippen LogP contribution in [0, 0.1) is 0 Å². The van der Waals surface area contributed by atoms with E-state index in [2.05, 4.69) is 31.1 Å². The monoisotopic (exact) mass is 274 g/mol. The number of carbonyl (C=O) groups is 1. The van der Waals surface area contributed by atoms with Gasteiger partial charge in [-0.3, -0.25) is 9.48 Å². The molecule has 3 nitrogen and oxygen atoms in total. The van der Waals surface area contributed by atoms with Crippen LogP contribution in [0.3, 0.4) is 0 Å². The van der Waals surface area contributed by atoms with Gasteiger partial charge in [0.2, 0.25) is 0 Å². The molecule has 0 saturated carbocycles. The van der Waals surface area contributed by atoms with E-state index in [1.807, 2.05) is 30.8 Å². The fraction of sp³-hybridized carbons (Fsp3) is 0.333. The fourth-order valence-electron chi connectivity index (χ4n) is 1.87. The van der Waals surface area contributed by atoms with Gasteiger partial charge in [-0.25, -0.2) is 0 Å². The van der Waals surface area contributed by atoms with E-state index in [9.17, 15) is 4.79 Å². The lowest BCUT2D eigenvalue weighted by Crippen LogP contribution is -1.93. The second kappa shape index (κ2) is 6.06. The fourth-order valence-corrected chi connectivity index (χ4v) is 2.71. The second-order valence-electron chi connectivity index (χ2n) is 4.60. The zero-order valence-electron chi connectivity index (χ0n) is 11.5. The third-order valence-electron chi connectivity index (χ3n) is 2.74. The highest BCUT2D eigenvalue weighted by Gasteiger charge is 2.10. The Morgan fingerprint density at radius 2 is 2.00 bits per heavy atom. The maximum absolute atomic E-state index is 11.1. The van der Waals surface area contributed by atoms with Gasteiger partial charge in [-0.2, -0.15) is 5.10 Å². The van der Waals surface area contributed by atoms with E-state index >= 15 is 0 Å². The van der Waals surface area contributed by atoms with E-state index < -0.39 is 0 Å². The normalized spacial score (nSPS) is 10.9. The van der Waals surface area contributed by atoms with Gasteiger partial charge in [-0.05, 0) is 19.1 Å². The molecule has 0 spiro atoms. The number of aryl methyl sites for hydroxylation is 1. The van der Waals surface area contributed by atoms with Gasteiger partial charge in [0.25, 0.3) is 0 Å². The van der Waals surface area contributed by atoms with Gasteiger partial charge in [0.15, 0.2) is 6.29 Å². The van der Waals surface area contributed by atoms with Crippen LogP contribution in [0.4, 0.5) is 0 Å². The largest absolute Gasteiger partial charge is 0.298 e. The number of nitrogens with zero attached hydrogens (tertiary/aromatic N) is 2. The lowest BCUT2D eigenvalue weighted by molar-refractivity contribution is 0.112. The summed E-state index contributed by atoms with van der Waals surface area (Å²) >= 11 is 1.83. The molecule has 0 atom stereocenters. The number of hydrogen-bond donors (Lipinski definition) is 0. The first-order valence-corrected chi connectivity index (χ1v) is 7.31. The number of aldehydes is 1. The van der Waals surface area contributed by atoms with E-state index in [0.717, 1.165) is 24.1 Å². The van der Waals surface area contributed by atoms with Crippen LogP contribution in [0.5, 0.6) is 0 Å². The number of carbonyl (C=O) groups excluding carboxylic acids is 1. The molecule has 2 rings (SSSR count). The van der Waals surface area contributed by atoms with Gasteiger partial charge in [-0.1, -0.05) is 26.0 Å². The van der Waals surface area contributed by atoms with Gasteiger partial charge in [0, 0.05) is 28.5 Å². The Kier molecular flexibility index (Phi) is 4.43. The molecule has 0 saturated heterocycles. The standard InChI is InChI=1S/C15H18N2OS/c1-4-17-9-13(10-18)15(16-17)12-5-7-14(8-6-12)19-11(2)3/h5-11H,4H2,1-3H3. The topological polar surface area (TPSA) is 34.9 Å². The van der Waals surface area contributed by atoms with Crippen LogP contribution in [-0.2, 0) is 6.54 Å². The Labute approximate surface area is 118 Å². The Morgan fingerprint density at radius 3 is 2.53 bits per heavy atom. The summed E-state index contributed by atoms with van der Waals surface area (Å²) in [5, 5.41) is 5.00. The molecule has 1 aromatic carbocycles. The predicted molar refractivity (Wildman–Crippen MR) is 79.7 cm³/mol. The van der Waals surface area contributed by atoms with Gasteiger partial charge in [0.1, 0.15) is 5.69 Å². The van der Waals surface area contributed by atoms with Crippen LogP contribution < -0.4 is 0 Å². The number of rotatable bonds is 5. The number of hydrogen-bond acceptors (Lipinski definition) is 3. The molecule has 1 aromatic heterocycles. The van der Waals surface area contributed by atoms with Gasteiger partial charge < -0.3 is 0 Å². The summed E-state index contributed by atoms with van der Waals surface area (Å²) in [7, 11) is 0. The molecule has 0 amide bonds. The van der Waals surface area contributed by atoms with E-state index in [0.29, 0.717) is 10.8 Å². The summed E-state index contributed by atoms with van der Waals surface area (Å²) in [6.07, 6.45) is 2.66. The van der Waals surface area contributed by atoms with Crippen LogP contribution in [-0.4, -0.2) is 21.3 Å². The molecule has 0 radical (unpaired) electrons. The molecule has 2 aromatic rings. The minimum absolute atomic E-state index is 0.565. The average Bonchev–Trinajstić information content (AvgIpc) is 2.82. The summed E-state index contributed by atoms with van der Waals surface area (Å²) in [6, 6.07) is 8.22. The molecular weight excluding hydrogens is 256 g/mol. The highest BCUT2D eigenvalue weighted by atomic mass is 32.2. The lowest BCUT2D eigenvalue weighted by Gasteiger charge is -2.05. The zero-order chi connectivity index (χ0) is 13.8. The van der Waals surface area contributed by atoms with Crippen molar-refractivity contribution in [1.29, 1.82) is 0 Å². The number of aromatic nitrogens is 2. The molecule has 0 aliphatic carbocycles. The molecule has 0 N–H and O–H groups in total. The minimum Gasteiger partial charge on any atom is -0.298 e. The highest BCUT2D eigenvalue weighted by molar-refractivity contribution is 7.99. The summed E-state index contributed by atoms with van der Waals surface area (Å²) in [4.78, 5) is 12.3. The summed E-state index contributed by atoms with van der Waals surface area (Å²) in [5.41, 5.74) is 2.39. The van der Waals surface area contributed by atoms with Crippen molar-refractivity contribution in [2.45, 2.75) is 37.5 Å². The van der Waals surface area contributed by atoms with E-state index in [-0.39, 0.29) is 0 Å². The number of thioether (sulfide) groups is 1. The van der Waals surface area contributed by atoms with Gasteiger partial charge in [0.05, 0.1) is 5.56 Å². The van der Waals surface area contributed by atoms with Crippen molar-refractivity contribution in [3.63, 3.8) is 0 Å². The van der Waals surface area contributed by atoms with Crippen molar-refractivity contribution in [2.75, 3.05) is 0 Å². The van der Waals surface area contributed by atoms with E-state index in [4.69, 9.17) is 0 Å². The summed E-state index contributed by atoms with van der Waals surface area (Å²) < 4.78 is 1.79. The third kappa shape index (κ3) is 3.26. The lowest BCUT2D eigenvalue weighted by atomic mass is 10.1. The van der Waals surface area contributed by atoms with Crippen LogP contribution in [0.15, 0.2) is 35.4 Å². The van der Waals surface area contributed by atoms with Crippen molar-refractivity contribution in [1.82, 2.24) is 9.78 Å². The van der Waals surface area contributed by atoms with Crippen molar-refractivity contribution in [3.05, 3.63) is 36.0 Å². The van der Waals surface area contributed by atoms with Crippen molar-refractivity contribution in [3.8, 4) is 11.3 Å². The summed E-state index contributed by atoms with van der Waals surface area (Å²) in [6.45, 7) is 7.12. The van der Waals surface area contributed by atoms with Crippen LogP contribution in [0.25, 0.3) is 11.3 Å². The van der Waals surface area contributed by atoms with Gasteiger partial charge >= 0.3 is 0 Å². The first-order chi connectivity index (χ1) is 9.13. The molecule has 0 bridgehead atoms. The predicted octanol–water partition coefficient (Wildman–Crippen LogP) is 3.88. The first-order valence-electron chi connectivity index (χ1n) is 6.43. The first kappa shape index (κ1) is 13.9. The quantitative estimate of drug-likeness (QED) is 0.613. The second-order valence-corrected chi connectivity index (χ2v) is 6.25. The Hall–Kier alpha value is -1.55. The minimum atomic E-state index is 0.565. The molecule has 0 aliphatic heterocycles. The van der Waals surface area contributed by atoms with Crippen molar-refractivity contribution in [2.24, 2.45) is 0 Å². The summed E-state index contributed by atoms with van der Waals surface area (Å²) in [5.74, 6) is 0. The molecule has 100 valence electrons. The molecule has 0 fully saturated rings. The Morgan fingerprint density at radius 1 is 1.32 bits per heavy atom. The molecular formula is C15H18N2OS. The Balaban J connectivity index is 2.31. The molecule has 0 aliphatic rings. The molecule has 0 unspecified atom stereocenters. The van der Waals surface area contributed by atoms with E-state index in [1.54, 1.807) is 10.9 Å². The third-order valence-corrected chi connectivity index (χ3v) is 3.76. The highest BCUT2D eigenvalue weighted by Crippen LogP contribution is 2.27. The maximum Gasteiger partial charge on any atom is 0.153 e. The van der Waals surface area contributed by atoms with Crippen LogP contribution >= 0.6 is 11.8 Å². The maximum atomic E-state index is 11.1. The van der Waals surface area contributed by atoms with Crippen molar-refractivity contribution < 1.29 is 4.79 Å².